The molecule has 1 aromatic rings. The zero-order valence-corrected chi connectivity index (χ0v) is 15.6. The second-order valence-corrected chi connectivity index (χ2v) is 6.08. The Hall–Kier alpha value is -1.95. The molecule has 138 valence electrons. The fourth-order valence-corrected chi connectivity index (χ4v) is 3.01. The molecule has 1 aromatic carbocycles. The summed E-state index contributed by atoms with van der Waals surface area (Å²) in [6.07, 6.45) is 1.07. The van der Waals surface area contributed by atoms with Crippen molar-refractivity contribution in [3.63, 3.8) is 0 Å². The molecule has 1 aliphatic rings. The Morgan fingerprint density at radius 2 is 1.72 bits per heavy atom. The minimum Gasteiger partial charge on any atom is -0.493 e. The van der Waals surface area contributed by atoms with Gasteiger partial charge in [-0.2, -0.15) is 0 Å². The van der Waals surface area contributed by atoms with Gasteiger partial charge in [-0.05, 0) is 31.0 Å². The van der Waals surface area contributed by atoms with Crippen LogP contribution in [0.15, 0.2) is 18.2 Å². The summed E-state index contributed by atoms with van der Waals surface area (Å²) in [4.78, 5) is 27.5. The lowest BCUT2D eigenvalue weighted by molar-refractivity contribution is -0.138. The van der Waals surface area contributed by atoms with E-state index in [9.17, 15) is 9.59 Å². The predicted octanol–water partition coefficient (Wildman–Crippen LogP) is 1.94. The molecule has 1 heterocycles. The topological polar surface area (TPSA) is 59.1 Å². The van der Waals surface area contributed by atoms with Crippen molar-refractivity contribution in [1.82, 2.24) is 9.80 Å². The van der Waals surface area contributed by atoms with Gasteiger partial charge in [-0.25, -0.2) is 0 Å². The van der Waals surface area contributed by atoms with E-state index in [-0.39, 0.29) is 17.7 Å². The summed E-state index contributed by atoms with van der Waals surface area (Å²) in [5.74, 6) is 1.41. The molecule has 7 heteroatoms. The molecule has 6 nitrogen and oxygen atoms in total. The van der Waals surface area contributed by atoms with Crippen molar-refractivity contribution in [3.8, 4) is 11.5 Å². The second kappa shape index (κ2) is 9.51. The van der Waals surface area contributed by atoms with Crippen LogP contribution >= 0.6 is 11.6 Å². The SMILES string of the molecule is CCOc1ccc(CCC(=O)N2CCN(C(=O)CCl)CC2)cc1OC. The fraction of sp³-hybridized carbons (Fsp3) is 0.556. The first-order valence-corrected chi connectivity index (χ1v) is 9.03. The summed E-state index contributed by atoms with van der Waals surface area (Å²) in [7, 11) is 1.61. The number of halogens is 1. The number of amides is 2. The van der Waals surface area contributed by atoms with Crippen molar-refractivity contribution in [2.45, 2.75) is 19.8 Å². The van der Waals surface area contributed by atoms with Crippen molar-refractivity contribution in [2.24, 2.45) is 0 Å². The molecule has 0 atom stereocenters. The summed E-state index contributed by atoms with van der Waals surface area (Å²) in [5, 5.41) is 0. The molecular formula is C18H25ClN2O4. The number of hydrogen-bond donors (Lipinski definition) is 0. The Labute approximate surface area is 153 Å². The summed E-state index contributed by atoms with van der Waals surface area (Å²) in [5.41, 5.74) is 1.03. The first kappa shape index (κ1) is 19.4. The van der Waals surface area contributed by atoms with Crippen LogP contribution in [0.3, 0.4) is 0 Å². The average Bonchev–Trinajstić information content (AvgIpc) is 2.66. The van der Waals surface area contributed by atoms with Crippen LogP contribution in [0.5, 0.6) is 11.5 Å². The maximum atomic E-state index is 12.4. The van der Waals surface area contributed by atoms with Gasteiger partial charge in [-0.1, -0.05) is 6.07 Å². The number of alkyl halides is 1. The highest BCUT2D eigenvalue weighted by molar-refractivity contribution is 6.27. The quantitative estimate of drug-likeness (QED) is 0.690. The Balaban J connectivity index is 1.85. The number of aryl methyl sites for hydroxylation is 1. The minimum atomic E-state index is -0.0738. The van der Waals surface area contributed by atoms with Gasteiger partial charge in [0.25, 0.3) is 0 Å². The number of carbonyl (C=O) groups is 2. The normalized spacial score (nSPS) is 14.4. The van der Waals surface area contributed by atoms with Crippen molar-refractivity contribution in [3.05, 3.63) is 23.8 Å². The van der Waals surface area contributed by atoms with Gasteiger partial charge in [-0.15, -0.1) is 11.6 Å². The van der Waals surface area contributed by atoms with Gasteiger partial charge in [0.15, 0.2) is 11.5 Å². The average molecular weight is 369 g/mol. The first-order chi connectivity index (χ1) is 12.1. The monoisotopic (exact) mass is 368 g/mol. The molecule has 2 amide bonds. The molecule has 2 rings (SSSR count). The number of methoxy groups -OCH3 is 1. The van der Waals surface area contributed by atoms with E-state index in [1.165, 1.54) is 0 Å². The summed E-state index contributed by atoms with van der Waals surface area (Å²) < 4.78 is 10.8. The molecule has 0 aromatic heterocycles. The second-order valence-electron chi connectivity index (χ2n) is 5.81. The van der Waals surface area contributed by atoms with E-state index < -0.39 is 0 Å². The third-order valence-electron chi connectivity index (χ3n) is 4.25. The van der Waals surface area contributed by atoms with E-state index in [1.807, 2.05) is 30.0 Å². The van der Waals surface area contributed by atoms with E-state index in [0.717, 1.165) is 5.56 Å². The van der Waals surface area contributed by atoms with E-state index in [4.69, 9.17) is 21.1 Å². The van der Waals surface area contributed by atoms with E-state index in [1.54, 1.807) is 12.0 Å². The Morgan fingerprint density at radius 3 is 2.28 bits per heavy atom. The Morgan fingerprint density at radius 1 is 1.08 bits per heavy atom. The Bertz CT molecular complexity index is 601. The van der Waals surface area contributed by atoms with Crippen LogP contribution < -0.4 is 9.47 Å². The summed E-state index contributed by atoms with van der Waals surface area (Å²) >= 11 is 5.57. The number of hydrogen-bond acceptors (Lipinski definition) is 4. The molecule has 0 unspecified atom stereocenters. The summed E-state index contributed by atoms with van der Waals surface area (Å²) in [6.45, 7) is 4.73. The molecule has 0 spiro atoms. The summed E-state index contributed by atoms with van der Waals surface area (Å²) in [6, 6.07) is 5.74. The molecule has 0 bridgehead atoms. The van der Waals surface area contributed by atoms with Crippen LogP contribution in [0.4, 0.5) is 0 Å². The van der Waals surface area contributed by atoms with Gasteiger partial charge >= 0.3 is 0 Å². The van der Waals surface area contributed by atoms with Crippen molar-refractivity contribution in [1.29, 1.82) is 0 Å². The first-order valence-electron chi connectivity index (χ1n) is 8.50. The zero-order chi connectivity index (χ0) is 18.2. The standard InChI is InChI=1S/C18H25ClN2O4/c1-3-25-15-6-4-14(12-16(15)24-2)5-7-17(22)20-8-10-21(11-9-20)18(23)13-19/h4,6,12H,3,5,7-11,13H2,1-2H3. The van der Waals surface area contributed by atoms with Crippen LogP contribution in [0.1, 0.15) is 18.9 Å². The highest BCUT2D eigenvalue weighted by atomic mass is 35.5. The number of nitrogens with zero attached hydrogens (tertiary/aromatic N) is 2. The minimum absolute atomic E-state index is 0.00643. The molecule has 1 aliphatic heterocycles. The largest absolute Gasteiger partial charge is 0.493 e. The lowest BCUT2D eigenvalue weighted by Gasteiger charge is -2.34. The number of piperazine rings is 1. The predicted molar refractivity (Wildman–Crippen MR) is 96.4 cm³/mol. The molecule has 1 saturated heterocycles. The molecule has 1 fully saturated rings. The van der Waals surface area contributed by atoms with E-state index >= 15 is 0 Å². The lowest BCUT2D eigenvalue weighted by Crippen LogP contribution is -2.51. The number of carbonyl (C=O) groups excluding carboxylic acids is 2. The molecule has 0 N–H and O–H groups in total. The molecule has 25 heavy (non-hydrogen) atoms. The number of ether oxygens (including phenoxy) is 2. The molecular weight excluding hydrogens is 344 g/mol. The van der Waals surface area contributed by atoms with Crippen LogP contribution in [0.25, 0.3) is 0 Å². The van der Waals surface area contributed by atoms with Gasteiger partial charge in [0, 0.05) is 32.6 Å². The van der Waals surface area contributed by atoms with Crippen molar-refractivity contribution >= 4 is 23.4 Å². The third kappa shape index (κ3) is 5.26. The maximum Gasteiger partial charge on any atom is 0.237 e. The van der Waals surface area contributed by atoms with Crippen molar-refractivity contribution in [2.75, 3.05) is 45.8 Å². The number of rotatable bonds is 7. The highest BCUT2D eigenvalue weighted by Gasteiger charge is 2.23. The third-order valence-corrected chi connectivity index (χ3v) is 4.48. The van der Waals surface area contributed by atoms with Gasteiger partial charge in [0.05, 0.1) is 13.7 Å². The van der Waals surface area contributed by atoms with Crippen LogP contribution in [0, 0.1) is 0 Å². The van der Waals surface area contributed by atoms with E-state index in [0.29, 0.717) is 57.1 Å². The number of benzene rings is 1. The smallest absolute Gasteiger partial charge is 0.237 e. The van der Waals surface area contributed by atoms with Gasteiger partial charge < -0.3 is 19.3 Å². The highest BCUT2D eigenvalue weighted by Crippen LogP contribution is 2.28. The van der Waals surface area contributed by atoms with Crippen LogP contribution in [-0.2, 0) is 16.0 Å². The van der Waals surface area contributed by atoms with Crippen LogP contribution in [-0.4, -0.2) is 67.4 Å². The molecule has 0 radical (unpaired) electrons. The van der Waals surface area contributed by atoms with Crippen LogP contribution in [0.2, 0.25) is 0 Å². The fourth-order valence-electron chi connectivity index (χ4n) is 2.84. The molecule has 0 saturated carbocycles. The zero-order valence-electron chi connectivity index (χ0n) is 14.8. The van der Waals surface area contributed by atoms with E-state index in [2.05, 4.69) is 0 Å². The van der Waals surface area contributed by atoms with Gasteiger partial charge in [-0.3, -0.25) is 9.59 Å². The maximum absolute atomic E-state index is 12.4. The Kier molecular flexibility index (Phi) is 7.37. The van der Waals surface area contributed by atoms with Crippen molar-refractivity contribution < 1.29 is 19.1 Å². The van der Waals surface area contributed by atoms with Gasteiger partial charge in [0.1, 0.15) is 5.88 Å². The van der Waals surface area contributed by atoms with Gasteiger partial charge in [0.2, 0.25) is 11.8 Å². The molecule has 0 aliphatic carbocycles. The lowest BCUT2D eigenvalue weighted by atomic mass is 10.1.